The zero-order chi connectivity index (χ0) is 12.8. The van der Waals surface area contributed by atoms with E-state index in [9.17, 15) is 4.39 Å². The van der Waals surface area contributed by atoms with Crippen LogP contribution >= 0.6 is 0 Å². The minimum absolute atomic E-state index is 0.187. The molecule has 1 aromatic heterocycles. The molecule has 0 aliphatic rings. The summed E-state index contributed by atoms with van der Waals surface area (Å²) in [6.45, 7) is 2.87. The monoisotopic (exact) mass is 244 g/mol. The molecule has 2 nitrogen and oxygen atoms in total. The Balaban J connectivity index is 1.82. The first-order chi connectivity index (χ1) is 8.74. The van der Waals surface area contributed by atoms with Crippen LogP contribution in [0.5, 0.6) is 0 Å². The molecular weight excluding hydrogens is 227 g/mol. The second kappa shape index (κ2) is 6.26. The number of pyridine rings is 1. The Hall–Kier alpha value is -1.74. The SMILES string of the molecule is CC(Cc1ccc(F)cc1)NCc1ccccn1. The predicted molar refractivity (Wildman–Crippen MR) is 70.6 cm³/mol. The van der Waals surface area contributed by atoms with Crippen LogP contribution in [0.2, 0.25) is 0 Å². The van der Waals surface area contributed by atoms with Gasteiger partial charge >= 0.3 is 0 Å². The van der Waals surface area contributed by atoms with Crippen molar-refractivity contribution >= 4 is 0 Å². The minimum atomic E-state index is -0.187. The van der Waals surface area contributed by atoms with E-state index in [0.29, 0.717) is 6.04 Å². The van der Waals surface area contributed by atoms with Crippen molar-refractivity contribution in [3.8, 4) is 0 Å². The van der Waals surface area contributed by atoms with Crippen LogP contribution in [-0.2, 0) is 13.0 Å². The summed E-state index contributed by atoms with van der Waals surface area (Å²) in [5.74, 6) is -0.187. The lowest BCUT2D eigenvalue weighted by atomic mass is 10.1. The number of benzene rings is 1. The van der Waals surface area contributed by atoms with Crippen molar-refractivity contribution in [3.05, 3.63) is 65.7 Å². The van der Waals surface area contributed by atoms with Crippen LogP contribution in [0.25, 0.3) is 0 Å². The van der Waals surface area contributed by atoms with Crippen molar-refractivity contribution in [1.82, 2.24) is 10.3 Å². The highest BCUT2D eigenvalue weighted by Gasteiger charge is 2.03. The molecule has 0 saturated carbocycles. The predicted octanol–water partition coefficient (Wildman–Crippen LogP) is 2.94. The molecule has 0 amide bonds. The lowest BCUT2D eigenvalue weighted by molar-refractivity contribution is 0.539. The van der Waals surface area contributed by atoms with Gasteiger partial charge in [0, 0.05) is 18.8 Å². The standard InChI is InChI=1S/C15H17FN2/c1-12(10-13-5-7-14(16)8-6-13)18-11-15-4-2-3-9-17-15/h2-9,12,18H,10-11H2,1H3. The number of rotatable bonds is 5. The molecule has 2 rings (SSSR count). The molecule has 3 heteroatoms. The Morgan fingerprint density at radius 2 is 1.94 bits per heavy atom. The fourth-order valence-electron chi connectivity index (χ4n) is 1.83. The largest absolute Gasteiger partial charge is 0.308 e. The van der Waals surface area contributed by atoms with E-state index in [4.69, 9.17) is 0 Å². The fourth-order valence-corrected chi connectivity index (χ4v) is 1.83. The number of hydrogen-bond donors (Lipinski definition) is 1. The lowest BCUT2D eigenvalue weighted by Crippen LogP contribution is -2.27. The molecule has 18 heavy (non-hydrogen) atoms. The van der Waals surface area contributed by atoms with Gasteiger partial charge in [-0.25, -0.2) is 4.39 Å². The average molecular weight is 244 g/mol. The van der Waals surface area contributed by atoms with Crippen LogP contribution in [0.4, 0.5) is 4.39 Å². The third-order valence-electron chi connectivity index (χ3n) is 2.81. The van der Waals surface area contributed by atoms with E-state index in [1.54, 1.807) is 6.20 Å². The number of nitrogens with zero attached hydrogens (tertiary/aromatic N) is 1. The maximum absolute atomic E-state index is 12.8. The second-order valence-corrected chi connectivity index (χ2v) is 4.43. The third-order valence-corrected chi connectivity index (χ3v) is 2.81. The van der Waals surface area contributed by atoms with E-state index in [0.717, 1.165) is 24.2 Å². The van der Waals surface area contributed by atoms with E-state index >= 15 is 0 Å². The van der Waals surface area contributed by atoms with Gasteiger partial charge in [-0.3, -0.25) is 4.98 Å². The van der Waals surface area contributed by atoms with E-state index in [1.807, 2.05) is 30.3 Å². The Kier molecular flexibility index (Phi) is 4.42. The first-order valence-electron chi connectivity index (χ1n) is 6.12. The van der Waals surface area contributed by atoms with Crippen LogP contribution in [-0.4, -0.2) is 11.0 Å². The van der Waals surface area contributed by atoms with Gasteiger partial charge in [0.25, 0.3) is 0 Å². The zero-order valence-electron chi connectivity index (χ0n) is 10.4. The van der Waals surface area contributed by atoms with Crippen LogP contribution in [0.15, 0.2) is 48.7 Å². The molecule has 1 aromatic carbocycles. The maximum atomic E-state index is 12.8. The van der Waals surface area contributed by atoms with E-state index in [2.05, 4.69) is 17.2 Å². The van der Waals surface area contributed by atoms with Crippen molar-refractivity contribution in [1.29, 1.82) is 0 Å². The quantitative estimate of drug-likeness (QED) is 0.874. The highest BCUT2D eigenvalue weighted by Crippen LogP contribution is 2.06. The number of hydrogen-bond acceptors (Lipinski definition) is 2. The molecule has 2 aromatic rings. The van der Waals surface area contributed by atoms with Crippen LogP contribution in [0.1, 0.15) is 18.2 Å². The summed E-state index contributed by atoms with van der Waals surface area (Å²) in [6.07, 6.45) is 2.68. The van der Waals surface area contributed by atoms with Gasteiger partial charge in [0.1, 0.15) is 5.82 Å². The molecule has 0 radical (unpaired) electrons. The van der Waals surface area contributed by atoms with Crippen LogP contribution < -0.4 is 5.32 Å². The lowest BCUT2D eigenvalue weighted by Gasteiger charge is -2.13. The molecular formula is C15H17FN2. The first-order valence-corrected chi connectivity index (χ1v) is 6.12. The molecule has 0 aliphatic carbocycles. The summed E-state index contributed by atoms with van der Waals surface area (Å²) in [4.78, 5) is 4.26. The Morgan fingerprint density at radius 3 is 2.61 bits per heavy atom. The number of nitrogens with one attached hydrogen (secondary N) is 1. The van der Waals surface area contributed by atoms with E-state index in [1.165, 1.54) is 12.1 Å². The molecule has 0 spiro atoms. The summed E-state index contributed by atoms with van der Waals surface area (Å²) < 4.78 is 12.8. The smallest absolute Gasteiger partial charge is 0.123 e. The topological polar surface area (TPSA) is 24.9 Å². The van der Waals surface area contributed by atoms with E-state index < -0.39 is 0 Å². The summed E-state index contributed by atoms with van der Waals surface area (Å²) in [7, 11) is 0. The molecule has 0 fully saturated rings. The highest BCUT2D eigenvalue weighted by molar-refractivity contribution is 5.17. The van der Waals surface area contributed by atoms with Crippen molar-refractivity contribution in [2.75, 3.05) is 0 Å². The first kappa shape index (κ1) is 12.7. The van der Waals surface area contributed by atoms with Gasteiger partial charge in [-0.2, -0.15) is 0 Å². The minimum Gasteiger partial charge on any atom is -0.308 e. The molecule has 0 aliphatic heterocycles. The number of aromatic nitrogens is 1. The van der Waals surface area contributed by atoms with Crippen LogP contribution in [0.3, 0.4) is 0 Å². The van der Waals surface area contributed by atoms with E-state index in [-0.39, 0.29) is 5.82 Å². The normalized spacial score (nSPS) is 12.3. The second-order valence-electron chi connectivity index (χ2n) is 4.43. The van der Waals surface area contributed by atoms with Crippen LogP contribution in [0, 0.1) is 5.82 Å². The van der Waals surface area contributed by atoms with Gasteiger partial charge in [-0.15, -0.1) is 0 Å². The fraction of sp³-hybridized carbons (Fsp3) is 0.267. The molecule has 0 bridgehead atoms. The van der Waals surface area contributed by atoms with Crippen molar-refractivity contribution < 1.29 is 4.39 Å². The molecule has 0 saturated heterocycles. The molecule has 1 atom stereocenters. The third kappa shape index (κ3) is 3.93. The van der Waals surface area contributed by atoms with Gasteiger partial charge in [0.05, 0.1) is 5.69 Å². The van der Waals surface area contributed by atoms with Crippen molar-refractivity contribution in [3.63, 3.8) is 0 Å². The van der Waals surface area contributed by atoms with Gasteiger partial charge in [0.2, 0.25) is 0 Å². The highest BCUT2D eigenvalue weighted by atomic mass is 19.1. The summed E-state index contributed by atoms with van der Waals surface area (Å²) >= 11 is 0. The summed E-state index contributed by atoms with van der Waals surface area (Å²) in [5, 5.41) is 3.41. The summed E-state index contributed by atoms with van der Waals surface area (Å²) in [5.41, 5.74) is 2.17. The maximum Gasteiger partial charge on any atom is 0.123 e. The van der Waals surface area contributed by atoms with Crippen molar-refractivity contribution in [2.24, 2.45) is 0 Å². The van der Waals surface area contributed by atoms with Gasteiger partial charge < -0.3 is 5.32 Å². The molecule has 94 valence electrons. The van der Waals surface area contributed by atoms with Gasteiger partial charge in [-0.05, 0) is 43.2 Å². The summed E-state index contributed by atoms with van der Waals surface area (Å²) in [6, 6.07) is 12.9. The molecule has 1 unspecified atom stereocenters. The molecule has 1 N–H and O–H groups in total. The number of halogens is 1. The average Bonchev–Trinajstić information content (AvgIpc) is 2.40. The molecule has 1 heterocycles. The Bertz CT molecular complexity index is 468. The van der Waals surface area contributed by atoms with Gasteiger partial charge in [0.15, 0.2) is 0 Å². The Labute approximate surface area is 107 Å². The Morgan fingerprint density at radius 1 is 1.17 bits per heavy atom. The van der Waals surface area contributed by atoms with Gasteiger partial charge in [-0.1, -0.05) is 18.2 Å². The van der Waals surface area contributed by atoms with Crippen molar-refractivity contribution in [2.45, 2.75) is 25.9 Å². The zero-order valence-corrected chi connectivity index (χ0v) is 10.4.